The highest BCUT2D eigenvalue weighted by Crippen LogP contribution is 2.35. The predicted octanol–water partition coefficient (Wildman–Crippen LogP) is 3.74. The first-order chi connectivity index (χ1) is 8.96. The van der Waals surface area contributed by atoms with Crippen LogP contribution in [0.1, 0.15) is 18.1 Å². The molecule has 0 heterocycles. The van der Waals surface area contributed by atoms with Gasteiger partial charge in [-0.15, -0.1) is 0 Å². The zero-order valence-electron chi connectivity index (χ0n) is 10.7. The summed E-state index contributed by atoms with van der Waals surface area (Å²) in [6.45, 7) is 1.58. The number of hydrogen-bond acceptors (Lipinski definition) is 2. The molecule has 19 heavy (non-hydrogen) atoms. The summed E-state index contributed by atoms with van der Waals surface area (Å²) in [6.07, 6.45) is 0. The molecule has 2 aromatic carbocycles. The molecule has 2 nitrogen and oxygen atoms in total. The van der Waals surface area contributed by atoms with Gasteiger partial charge in [-0.3, -0.25) is 0 Å². The topological polar surface area (TPSA) is 29.5 Å². The first-order valence-electron chi connectivity index (χ1n) is 5.78. The molecule has 1 atom stereocenters. The van der Waals surface area contributed by atoms with Gasteiger partial charge in [0.05, 0.1) is 7.11 Å². The maximum Gasteiger partial charge on any atom is 0.165 e. The number of methoxy groups -OCH3 is 1. The van der Waals surface area contributed by atoms with E-state index in [9.17, 15) is 9.50 Å². The highest BCUT2D eigenvalue weighted by molar-refractivity contribution is 6.31. The summed E-state index contributed by atoms with van der Waals surface area (Å²) in [5.41, 5.74) is -0.425. The highest BCUT2D eigenvalue weighted by Gasteiger charge is 2.28. The first kappa shape index (κ1) is 13.8. The van der Waals surface area contributed by atoms with Crippen LogP contribution in [0.4, 0.5) is 4.39 Å². The van der Waals surface area contributed by atoms with E-state index < -0.39 is 11.4 Å². The minimum absolute atomic E-state index is 0.138. The maximum absolute atomic E-state index is 13.7. The van der Waals surface area contributed by atoms with Gasteiger partial charge in [0.1, 0.15) is 5.60 Å². The van der Waals surface area contributed by atoms with Crippen molar-refractivity contribution in [3.8, 4) is 5.75 Å². The van der Waals surface area contributed by atoms with Crippen LogP contribution in [-0.2, 0) is 5.60 Å². The second-order valence-corrected chi connectivity index (χ2v) is 4.81. The normalized spacial score (nSPS) is 13.9. The van der Waals surface area contributed by atoms with E-state index in [2.05, 4.69) is 0 Å². The summed E-state index contributed by atoms with van der Waals surface area (Å²) >= 11 is 6.08. The van der Waals surface area contributed by atoms with Gasteiger partial charge in [0.15, 0.2) is 11.6 Å². The summed E-state index contributed by atoms with van der Waals surface area (Å²) in [4.78, 5) is 0. The van der Waals surface area contributed by atoms with Gasteiger partial charge >= 0.3 is 0 Å². The van der Waals surface area contributed by atoms with Crippen LogP contribution in [0.2, 0.25) is 5.02 Å². The number of rotatable bonds is 3. The number of halogens is 2. The number of aliphatic hydroxyl groups is 1. The molecule has 2 aromatic rings. The molecule has 0 spiro atoms. The SMILES string of the molecule is COc1ccc(C(C)(O)c2ccccc2Cl)cc1F. The third-order valence-electron chi connectivity index (χ3n) is 3.11. The van der Waals surface area contributed by atoms with E-state index in [1.54, 1.807) is 37.3 Å². The Morgan fingerprint density at radius 3 is 2.47 bits per heavy atom. The summed E-state index contributed by atoms with van der Waals surface area (Å²) in [5, 5.41) is 11.1. The van der Waals surface area contributed by atoms with Gasteiger partial charge in [0.25, 0.3) is 0 Å². The van der Waals surface area contributed by atoms with E-state index in [0.717, 1.165) is 0 Å². The van der Waals surface area contributed by atoms with Crippen molar-refractivity contribution in [1.29, 1.82) is 0 Å². The van der Waals surface area contributed by atoms with Gasteiger partial charge in [-0.05, 0) is 30.7 Å². The van der Waals surface area contributed by atoms with Crippen molar-refractivity contribution in [1.82, 2.24) is 0 Å². The highest BCUT2D eigenvalue weighted by atomic mass is 35.5. The Morgan fingerprint density at radius 2 is 1.89 bits per heavy atom. The van der Waals surface area contributed by atoms with Gasteiger partial charge in [-0.25, -0.2) is 4.39 Å². The molecule has 0 aliphatic carbocycles. The average Bonchev–Trinajstić information content (AvgIpc) is 2.39. The number of hydrogen-bond donors (Lipinski definition) is 1. The second-order valence-electron chi connectivity index (χ2n) is 4.40. The molecule has 0 fully saturated rings. The van der Waals surface area contributed by atoms with Crippen molar-refractivity contribution in [3.63, 3.8) is 0 Å². The van der Waals surface area contributed by atoms with E-state index in [-0.39, 0.29) is 5.75 Å². The molecule has 1 unspecified atom stereocenters. The Hall–Kier alpha value is -1.58. The fraction of sp³-hybridized carbons (Fsp3) is 0.200. The smallest absolute Gasteiger partial charge is 0.165 e. The Morgan fingerprint density at radius 1 is 1.21 bits per heavy atom. The molecule has 0 bridgehead atoms. The molecule has 1 N–H and O–H groups in total. The summed E-state index contributed by atoms with van der Waals surface area (Å²) in [6, 6.07) is 11.3. The molecular weight excluding hydrogens is 267 g/mol. The van der Waals surface area contributed by atoms with Gasteiger partial charge in [0, 0.05) is 10.6 Å². The molecule has 100 valence electrons. The third kappa shape index (κ3) is 2.57. The third-order valence-corrected chi connectivity index (χ3v) is 3.44. The second kappa shape index (κ2) is 5.19. The van der Waals surface area contributed by atoms with E-state index in [0.29, 0.717) is 16.1 Å². The average molecular weight is 281 g/mol. The quantitative estimate of drug-likeness (QED) is 0.928. The van der Waals surface area contributed by atoms with Crippen LogP contribution in [0.25, 0.3) is 0 Å². The van der Waals surface area contributed by atoms with Crippen molar-refractivity contribution in [2.75, 3.05) is 7.11 Å². The molecule has 0 saturated carbocycles. The molecule has 0 aromatic heterocycles. The minimum Gasteiger partial charge on any atom is -0.494 e. The summed E-state index contributed by atoms with van der Waals surface area (Å²) < 4.78 is 18.6. The fourth-order valence-electron chi connectivity index (χ4n) is 1.98. The van der Waals surface area contributed by atoms with Gasteiger partial charge < -0.3 is 9.84 Å². The van der Waals surface area contributed by atoms with Crippen LogP contribution in [-0.4, -0.2) is 12.2 Å². The number of benzene rings is 2. The van der Waals surface area contributed by atoms with Gasteiger partial charge in [0.2, 0.25) is 0 Å². The molecule has 0 radical (unpaired) electrons. The molecule has 0 saturated heterocycles. The minimum atomic E-state index is -1.37. The first-order valence-corrected chi connectivity index (χ1v) is 6.16. The van der Waals surface area contributed by atoms with Crippen molar-refractivity contribution in [3.05, 3.63) is 64.4 Å². The summed E-state index contributed by atoms with van der Waals surface area (Å²) in [5.74, 6) is -0.383. The monoisotopic (exact) mass is 280 g/mol. The lowest BCUT2D eigenvalue weighted by Crippen LogP contribution is -2.23. The Labute approximate surface area is 116 Å². The molecule has 4 heteroatoms. The van der Waals surface area contributed by atoms with Crippen LogP contribution >= 0.6 is 11.6 Å². The Bertz CT molecular complexity index is 596. The predicted molar refractivity (Wildman–Crippen MR) is 73.1 cm³/mol. The van der Waals surface area contributed by atoms with Crippen molar-refractivity contribution >= 4 is 11.6 Å². The van der Waals surface area contributed by atoms with Crippen LogP contribution in [0.15, 0.2) is 42.5 Å². The fourth-order valence-corrected chi connectivity index (χ4v) is 2.30. The molecule has 2 rings (SSSR count). The summed E-state index contributed by atoms with van der Waals surface area (Å²) in [7, 11) is 1.39. The van der Waals surface area contributed by atoms with Crippen molar-refractivity contribution < 1.29 is 14.2 Å². The van der Waals surface area contributed by atoms with Gasteiger partial charge in [-0.1, -0.05) is 35.9 Å². The van der Waals surface area contributed by atoms with E-state index in [4.69, 9.17) is 16.3 Å². The van der Waals surface area contributed by atoms with Crippen molar-refractivity contribution in [2.24, 2.45) is 0 Å². The van der Waals surface area contributed by atoms with Crippen molar-refractivity contribution in [2.45, 2.75) is 12.5 Å². The molecule has 0 amide bonds. The van der Waals surface area contributed by atoms with E-state index in [1.807, 2.05) is 0 Å². The largest absolute Gasteiger partial charge is 0.494 e. The van der Waals surface area contributed by atoms with Crippen LogP contribution < -0.4 is 4.74 Å². The van der Waals surface area contributed by atoms with Crippen LogP contribution in [0.3, 0.4) is 0 Å². The zero-order chi connectivity index (χ0) is 14.0. The molecular formula is C15H14ClFO2. The van der Waals surface area contributed by atoms with Crippen LogP contribution in [0, 0.1) is 5.82 Å². The lowest BCUT2D eigenvalue weighted by Gasteiger charge is -2.25. The number of ether oxygens (including phenoxy) is 1. The molecule has 0 aliphatic rings. The zero-order valence-corrected chi connectivity index (χ0v) is 11.4. The van der Waals surface area contributed by atoms with Crippen LogP contribution in [0.5, 0.6) is 5.75 Å². The molecule has 0 aliphatic heterocycles. The lowest BCUT2D eigenvalue weighted by atomic mass is 9.88. The Kier molecular flexibility index (Phi) is 3.78. The van der Waals surface area contributed by atoms with E-state index >= 15 is 0 Å². The van der Waals surface area contributed by atoms with E-state index in [1.165, 1.54) is 19.2 Å². The van der Waals surface area contributed by atoms with Gasteiger partial charge in [-0.2, -0.15) is 0 Å². The lowest BCUT2D eigenvalue weighted by molar-refractivity contribution is 0.102. The Balaban J connectivity index is 2.50. The standard InChI is InChI=1S/C15H14ClFO2/c1-15(18,11-5-3-4-6-12(11)16)10-7-8-14(19-2)13(17)9-10/h3-9,18H,1-2H3. The maximum atomic E-state index is 13.7.